The number of benzene rings is 1. The number of halogens is 1. The molecule has 6 heteroatoms. The summed E-state index contributed by atoms with van der Waals surface area (Å²) >= 11 is 3.36. The third kappa shape index (κ3) is 2.77. The molecule has 0 aliphatic carbocycles. The summed E-state index contributed by atoms with van der Waals surface area (Å²) < 4.78 is 5.80. The molecule has 2 aromatic rings. The SMILES string of the molecule is COCc1ccccc1Nc1ncnc(N)c1Br. The van der Waals surface area contributed by atoms with Crippen LogP contribution in [0, 0.1) is 0 Å². The first-order chi connectivity index (χ1) is 8.72. The number of nitrogens with one attached hydrogen (secondary N) is 1. The molecule has 18 heavy (non-hydrogen) atoms. The molecule has 3 N–H and O–H groups in total. The van der Waals surface area contributed by atoms with E-state index in [4.69, 9.17) is 10.5 Å². The van der Waals surface area contributed by atoms with E-state index in [9.17, 15) is 0 Å². The predicted molar refractivity (Wildman–Crippen MR) is 74.6 cm³/mol. The van der Waals surface area contributed by atoms with Gasteiger partial charge in [-0.1, -0.05) is 18.2 Å². The first-order valence-corrected chi connectivity index (χ1v) is 6.11. The number of aromatic nitrogens is 2. The van der Waals surface area contributed by atoms with Gasteiger partial charge in [-0.3, -0.25) is 0 Å². The average molecular weight is 309 g/mol. The summed E-state index contributed by atoms with van der Waals surface area (Å²) in [7, 11) is 1.66. The van der Waals surface area contributed by atoms with Crippen molar-refractivity contribution < 1.29 is 4.74 Å². The first-order valence-electron chi connectivity index (χ1n) is 5.32. The van der Waals surface area contributed by atoms with Gasteiger partial charge in [0.1, 0.15) is 22.4 Å². The molecular formula is C12H13BrN4O. The Morgan fingerprint density at radius 3 is 2.89 bits per heavy atom. The lowest BCUT2D eigenvalue weighted by molar-refractivity contribution is 0.185. The molecule has 0 radical (unpaired) electrons. The second kappa shape index (κ2) is 5.79. The fourth-order valence-corrected chi connectivity index (χ4v) is 1.83. The summed E-state index contributed by atoms with van der Waals surface area (Å²) in [6.07, 6.45) is 1.42. The van der Waals surface area contributed by atoms with Gasteiger partial charge in [0.15, 0.2) is 0 Å². The van der Waals surface area contributed by atoms with Crippen LogP contribution in [-0.2, 0) is 11.3 Å². The highest BCUT2D eigenvalue weighted by Gasteiger charge is 2.08. The number of ether oxygens (including phenoxy) is 1. The van der Waals surface area contributed by atoms with Crippen LogP contribution in [0.5, 0.6) is 0 Å². The van der Waals surface area contributed by atoms with Crippen LogP contribution in [0.1, 0.15) is 5.56 Å². The Morgan fingerprint density at radius 1 is 1.33 bits per heavy atom. The van der Waals surface area contributed by atoms with E-state index in [-0.39, 0.29) is 0 Å². The number of nitrogens with two attached hydrogens (primary N) is 1. The molecule has 94 valence electrons. The first kappa shape index (κ1) is 12.8. The number of methoxy groups -OCH3 is 1. The van der Waals surface area contributed by atoms with E-state index < -0.39 is 0 Å². The van der Waals surface area contributed by atoms with E-state index in [1.807, 2.05) is 24.3 Å². The fraction of sp³-hybridized carbons (Fsp3) is 0.167. The number of para-hydroxylation sites is 1. The predicted octanol–water partition coefficient (Wildman–Crippen LogP) is 2.71. The van der Waals surface area contributed by atoms with Crippen LogP contribution in [0.4, 0.5) is 17.3 Å². The Kier molecular flexibility index (Phi) is 4.11. The number of nitrogens with zero attached hydrogens (tertiary/aromatic N) is 2. The minimum atomic E-state index is 0.400. The Morgan fingerprint density at radius 2 is 2.11 bits per heavy atom. The van der Waals surface area contributed by atoms with Gasteiger partial charge in [0.25, 0.3) is 0 Å². The number of anilines is 3. The lowest BCUT2D eigenvalue weighted by atomic mass is 10.2. The smallest absolute Gasteiger partial charge is 0.150 e. The van der Waals surface area contributed by atoms with Gasteiger partial charge in [0.2, 0.25) is 0 Å². The van der Waals surface area contributed by atoms with Gasteiger partial charge in [0.05, 0.1) is 6.61 Å². The monoisotopic (exact) mass is 308 g/mol. The number of hydrogen-bond donors (Lipinski definition) is 2. The highest BCUT2D eigenvalue weighted by Crippen LogP contribution is 2.28. The van der Waals surface area contributed by atoms with E-state index in [1.54, 1.807) is 7.11 Å². The third-order valence-corrected chi connectivity index (χ3v) is 3.17. The molecule has 0 amide bonds. The molecule has 1 aromatic heterocycles. The number of hydrogen-bond acceptors (Lipinski definition) is 5. The van der Waals surface area contributed by atoms with Crippen molar-refractivity contribution in [2.75, 3.05) is 18.2 Å². The number of nitrogen functional groups attached to an aromatic ring is 1. The molecule has 0 saturated heterocycles. The van der Waals surface area contributed by atoms with Crippen molar-refractivity contribution >= 4 is 33.3 Å². The van der Waals surface area contributed by atoms with Gasteiger partial charge in [-0.25, -0.2) is 9.97 Å². The van der Waals surface area contributed by atoms with Gasteiger partial charge < -0.3 is 15.8 Å². The second-order valence-corrected chi connectivity index (χ2v) is 4.43. The van der Waals surface area contributed by atoms with Crippen molar-refractivity contribution in [1.82, 2.24) is 9.97 Å². The van der Waals surface area contributed by atoms with Crippen molar-refractivity contribution in [3.8, 4) is 0 Å². The molecule has 0 unspecified atom stereocenters. The zero-order valence-corrected chi connectivity index (χ0v) is 11.4. The molecule has 1 aromatic carbocycles. The third-order valence-electron chi connectivity index (χ3n) is 2.39. The molecule has 0 aliphatic heterocycles. The molecule has 0 spiro atoms. The summed E-state index contributed by atoms with van der Waals surface area (Å²) in [5.41, 5.74) is 7.68. The molecule has 0 fully saturated rings. The largest absolute Gasteiger partial charge is 0.383 e. The van der Waals surface area contributed by atoms with Crippen LogP contribution in [0.3, 0.4) is 0 Å². The van der Waals surface area contributed by atoms with Gasteiger partial charge in [-0.05, 0) is 22.0 Å². The van der Waals surface area contributed by atoms with E-state index >= 15 is 0 Å². The van der Waals surface area contributed by atoms with Crippen molar-refractivity contribution in [3.63, 3.8) is 0 Å². The van der Waals surface area contributed by atoms with E-state index in [0.717, 1.165) is 11.3 Å². The van der Waals surface area contributed by atoms with E-state index in [2.05, 4.69) is 31.2 Å². The zero-order valence-electron chi connectivity index (χ0n) is 9.85. The molecule has 0 atom stereocenters. The Bertz CT molecular complexity index is 547. The maximum atomic E-state index is 5.71. The van der Waals surface area contributed by atoms with Crippen molar-refractivity contribution in [3.05, 3.63) is 40.6 Å². The summed E-state index contributed by atoms with van der Waals surface area (Å²) in [6, 6.07) is 7.85. The highest BCUT2D eigenvalue weighted by molar-refractivity contribution is 9.10. The number of rotatable bonds is 4. The van der Waals surface area contributed by atoms with E-state index in [1.165, 1.54) is 6.33 Å². The molecule has 2 rings (SSSR count). The fourth-order valence-electron chi connectivity index (χ4n) is 1.52. The summed E-state index contributed by atoms with van der Waals surface area (Å²) in [6.45, 7) is 0.529. The molecule has 1 heterocycles. The van der Waals surface area contributed by atoms with Gasteiger partial charge in [-0.15, -0.1) is 0 Å². The second-order valence-electron chi connectivity index (χ2n) is 3.64. The van der Waals surface area contributed by atoms with Crippen molar-refractivity contribution in [2.45, 2.75) is 6.61 Å². The van der Waals surface area contributed by atoms with Gasteiger partial charge in [-0.2, -0.15) is 0 Å². The van der Waals surface area contributed by atoms with Crippen molar-refractivity contribution in [1.29, 1.82) is 0 Å². The van der Waals surface area contributed by atoms with Crippen LogP contribution < -0.4 is 11.1 Å². The van der Waals surface area contributed by atoms with Gasteiger partial charge >= 0.3 is 0 Å². The molecule has 5 nitrogen and oxygen atoms in total. The Balaban J connectivity index is 2.31. The quantitative estimate of drug-likeness (QED) is 0.908. The lowest BCUT2D eigenvalue weighted by Gasteiger charge is -2.12. The summed E-state index contributed by atoms with van der Waals surface area (Å²) in [5.74, 6) is 1.03. The normalized spacial score (nSPS) is 10.3. The van der Waals surface area contributed by atoms with E-state index in [0.29, 0.717) is 22.7 Å². The van der Waals surface area contributed by atoms with Crippen molar-refractivity contribution in [2.24, 2.45) is 0 Å². The zero-order chi connectivity index (χ0) is 13.0. The molecule has 0 aliphatic rings. The minimum absolute atomic E-state index is 0.400. The highest BCUT2D eigenvalue weighted by atomic mass is 79.9. The van der Waals surface area contributed by atoms with Crippen LogP contribution in [0.2, 0.25) is 0 Å². The van der Waals surface area contributed by atoms with Crippen LogP contribution in [-0.4, -0.2) is 17.1 Å². The molecular weight excluding hydrogens is 296 g/mol. The lowest BCUT2D eigenvalue weighted by Crippen LogP contribution is -2.02. The maximum Gasteiger partial charge on any atom is 0.150 e. The topological polar surface area (TPSA) is 73.1 Å². The maximum absolute atomic E-state index is 5.71. The minimum Gasteiger partial charge on any atom is -0.383 e. The van der Waals surface area contributed by atoms with Crippen LogP contribution in [0.15, 0.2) is 35.1 Å². The van der Waals surface area contributed by atoms with Crippen LogP contribution >= 0.6 is 15.9 Å². The Hall–Kier alpha value is -1.66. The summed E-state index contributed by atoms with van der Waals surface area (Å²) in [4.78, 5) is 8.04. The molecule has 0 saturated carbocycles. The van der Waals surface area contributed by atoms with Gasteiger partial charge in [0, 0.05) is 18.4 Å². The van der Waals surface area contributed by atoms with Crippen LogP contribution in [0.25, 0.3) is 0 Å². The summed E-state index contributed by atoms with van der Waals surface area (Å²) in [5, 5.41) is 3.21. The standard InChI is InChI=1S/C12H13BrN4O/c1-18-6-8-4-2-3-5-9(8)17-12-10(13)11(14)15-7-16-12/h2-5,7H,6H2,1H3,(H3,14,15,16,17). The average Bonchev–Trinajstić information content (AvgIpc) is 2.37. The molecule has 0 bridgehead atoms. The Labute approximate surface area is 114 Å².